The number of ether oxygens (including phenoxy) is 1. The fourth-order valence-electron chi connectivity index (χ4n) is 2.15. The fraction of sp³-hybridized carbons (Fsp3) is 0.529. The van der Waals surface area contributed by atoms with Crippen molar-refractivity contribution in [2.24, 2.45) is 5.73 Å². The number of amides is 1. The van der Waals surface area contributed by atoms with Gasteiger partial charge in [0.2, 0.25) is 5.91 Å². The van der Waals surface area contributed by atoms with E-state index in [1.807, 2.05) is 0 Å². The maximum atomic E-state index is 12.0. The van der Waals surface area contributed by atoms with Crippen LogP contribution in [0.1, 0.15) is 49.4 Å². The summed E-state index contributed by atoms with van der Waals surface area (Å²) in [7, 11) is 1.58. The van der Waals surface area contributed by atoms with Crippen LogP contribution in [0.15, 0.2) is 24.3 Å². The van der Waals surface area contributed by atoms with Crippen LogP contribution in [0, 0.1) is 0 Å². The molecule has 0 heterocycles. The molecule has 130 valence electrons. The van der Waals surface area contributed by atoms with Crippen molar-refractivity contribution in [3.63, 3.8) is 0 Å². The van der Waals surface area contributed by atoms with E-state index in [9.17, 15) is 9.59 Å². The van der Waals surface area contributed by atoms with Crippen LogP contribution in [0.2, 0.25) is 0 Å². The van der Waals surface area contributed by atoms with Crippen molar-refractivity contribution >= 4 is 24.1 Å². The fourth-order valence-corrected chi connectivity index (χ4v) is 2.15. The molecule has 0 radical (unpaired) electrons. The van der Waals surface area contributed by atoms with Gasteiger partial charge in [0.25, 0.3) is 0 Å². The summed E-state index contributed by atoms with van der Waals surface area (Å²) in [5.74, 6) is 0.542. The number of rotatable bonds is 10. The molecule has 5 nitrogen and oxygen atoms in total. The zero-order valence-electron chi connectivity index (χ0n) is 13.8. The minimum atomic E-state index is -0.117. The van der Waals surface area contributed by atoms with Gasteiger partial charge in [-0.3, -0.25) is 9.59 Å². The molecule has 1 amide bonds. The topological polar surface area (TPSA) is 81.4 Å². The molecule has 0 bridgehead atoms. The molecule has 0 aromatic heterocycles. The highest BCUT2D eigenvalue weighted by atomic mass is 35.5. The number of hydrogen-bond donors (Lipinski definition) is 2. The molecule has 0 saturated carbocycles. The Morgan fingerprint density at radius 1 is 1.22 bits per heavy atom. The van der Waals surface area contributed by atoms with Gasteiger partial charge in [-0.2, -0.15) is 0 Å². The lowest BCUT2D eigenvalue weighted by molar-refractivity contribution is -0.121. The molecule has 1 aromatic rings. The van der Waals surface area contributed by atoms with Gasteiger partial charge < -0.3 is 15.8 Å². The van der Waals surface area contributed by atoms with Crippen LogP contribution in [0.3, 0.4) is 0 Å². The van der Waals surface area contributed by atoms with Gasteiger partial charge in [0.15, 0.2) is 5.78 Å². The van der Waals surface area contributed by atoms with Crippen LogP contribution >= 0.6 is 12.4 Å². The Kier molecular flexibility index (Phi) is 11.1. The molecular formula is C17H27ClN2O3. The lowest BCUT2D eigenvalue weighted by atomic mass is 10.1. The number of benzene rings is 1. The summed E-state index contributed by atoms with van der Waals surface area (Å²) < 4.78 is 5.05. The first-order valence-corrected chi connectivity index (χ1v) is 7.77. The van der Waals surface area contributed by atoms with Crippen LogP contribution in [0.5, 0.6) is 5.75 Å². The molecule has 3 N–H and O–H groups in total. The van der Waals surface area contributed by atoms with E-state index in [4.69, 9.17) is 10.5 Å². The predicted molar refractivity (Wildman–Crippen MR) is 94.3 cm³/mol. The Morgan fingerprint density at radius 2 is 1.87 bits per heavy atom. The quantitative estimate of drug-likeness (QED) is 0.640. The summed E-state index contributed by atoms with van der Waals surface area (Å²) in [6, 6.07) is 6.90. The summed E-state index contributed by atoms with van der Waals surface area (Å²) >= 11 is 0. The van der Waals surface area contributed by atoms with E-state index in [0.717, 1.165) is 19.3 Å². The standard InChI is InChI=1S/C17H26N2O3.ClH/c1-3-4-5-14(12-18)19-17(21)11-10-16(20)13-6-8-15(22-2)9-7-13;/h6-9,14H,3-5,10-12,18H2,1-2H3,(H,19,21);1H. The number of halogens is 1. The van der Waals surface area contributed by atoms with Crippen molar-refractivity contribution in [1.29, 1.82) is 0 Å². The van der Waals surface area contributed by atoms with E-state index in [1.165, 1.54) is 0 Å². The van der Waals surface area contributed by atoms with Crippen molar-refractivity contribution in [2.75, 3.05) is 13.7 Å². The van der Waals surface area contributed by atoms with Crippen LogP contribution in [-0.2, 0) is 4.79 Å². The van der Waals surface area contributed by atoms with Gasteiger partial charge in [-0.15, -0.1) is 12.4 Å². The van der Waals surface area contributed by atoms with E-state index in [1.54, 1.807) is 31.4 Å². The van der Waals surface area contributed by atoms with Gasteiger partial charge in [-0.05, 0) is 30.7 Å². The Morgan fingerprint density at radius 3 is 2.39 bits per heavy atom. The number of methoxy groups -OCH3 is 1. The second-order valence-corrected chi connectivity index (χ2v) is 5.29. The van der Waals surface area contributed by atoms with Gasteiger partial charge in [-0.25, -0.2) is 0 Å². The zero-order chi connectivity index (χ0) is 16.4. The molecule has 6 heteroatoms. The molecule has 0 aliphatic carbocycles. The smallest absolute Gasteiger partial charge is 0.220 e. The van der Waals surface area contributed by atoms with Gasteiger partial charge >= 0.3 is 0 Å². The number of carbonyl (C=O) groups excluding carboxylic acids is 2. The maximum absolute atomic E-state index is 12.0. The van der Waals surface area contributed by atoms with Crippen molar-refractivity contribution in [3.05, 3.63) is 29.8 Å². The Hall–Kier alpha value is -1.59. The lowest BCUT2D eigenvalue weighted by Crippen LogP contribution is -2.40. The highest BCUT2D eigenvalue weighted by molar-refractivity contribution is 5.98. The Bertz CT molecular complexity index is 477. The first-order chi connectivity index (χ1) is 10.6. The highest BCUT2D eigenvalue weighted by Crippen LogP contribution is 2.13. The molecule has 0 fully saturated rings. The van der Waals surface area contributed by atoms with E-state index in [2.05, 4.69) is 12.2 Å². The molecule has 1 atom stereocenters. The summed E-state index contributed by atoms with van der Waals surface area (Å²) in [4.78, 5) is 23.9. The van der Waals surface area contributed by atoms with Crippen LogP contribution < -0.4 is 15.8 Å². The number of hydrogen-bond acceptors (Lipinski definition) is 4. The van der Waals surface area contributed by atoms with Crippen molar-refractivity contribution in [2.45, 2.75) is 45.1 Å². The first-order valence-electron chi connectivity index (χ1n) is 7.77. The summed E-state index contributed by atoms with van der Waals surface area (Å²) in [5.41, 5.74) is 6.24. The summed E-state index contributed by atoms with van der Waals surface area (Å²) in [5, 5.41) is 2.89. The van der Waals surface area contributed by atoms with Crippen molar-refractivity contribution in [1.82, 2.24) is 5.32 Å². The number of nitrogens with two attached hydrogens (primary N) is 1. The average Bonchev–Trinajstić information content (AvgIpc) is 2.56. The molecular weight excluding hydrogens is 316 g/mol. The van der Waals surface area contributed by atoms with Gasteiger partial charge in [0.05, 0.1) is 7.11 Å². The number of nitrogens with one attached hydrogen (secondary N) is 1. The van der Waals surface area contributed by atoms with Crippen LogP contribution in [0.25, 0.3) is 0 Å². The van der Waals surface area contributed by atoms with Crippen LogP contribution in [-0.4, -0.2) is 31.4 Å². The Labute approximate surface area is 144 Å². The molecule has 0 aliphatic heterocycles. The van der Waals surface area contributed by atoms with E-state index in [-0.39, 0.29) is 43.0 Å². The predicted octanol–water partition coefficient (Wildman–Crippen LogP) is 2.71. The number of carbonyl (C=O) groups is 2. The third-order valence-electron chi connectivity index (χ3n) is 3.55. The molecule has 1 aromatic carbocycles. The molecule has 1 rings (SSSR count). The van der Waals surface area contributed by atoms with Crippen molar-refractivity contribution in [3.8, 4) is 5.75 Å². The highest BCUT2D eigenvalue weighted by Gasteiger charge is 2.13. The van der Waals surface area contributed by atoms with Gasteiger partial charge in [0.1, 0.15) is 5.75 Å². The summed E-state index contributed by atoms with van der Waals surface area (Å²) in [6.45, 7) is 2.53. The van der Waals surface area contributed by atoms with E-state index >= 15 is 0 Å². The molecule has 0 spiro atoms. The molecule has 23 heavy (non-hydrogen) atoms. The first kappa shape index (κ1) is 21.4. The van der Waals surface area contributed by atoms with Crippen LogP contribution in [0.4, 0.5) is 0 Å². The molecule has 0 saturated heterocycles. The number of unbranched alkanes of at least 4 members (excludes halogenated alkanes) is 1. The van der Waals surface area contributed by atoms with Gasteiger partial charge in [-0.1, -0.05) is 19.8 Å². The lowest BCUT2D eigenvalue weighted by Gasteiger charge is -2.16. The monoisotopic (exact) mass is 342 g/mol. The molecule has 0 aliphatic rings. The third kappa shape index (κ3) is 8.00. The number of ketones is 1. The normalized spacial score (nSPS) is 11.3. The third-order valence-corrected chi connectivity index (χ3v) is 3.55. The second kappa shape index (κ2) is 11.9. The number of Topliss-reactive ketones (excluding diaryl/α,β-unsaturated/α-hetero) is 1. The maximum Gasteiger partial charge on any atom is 0.220 e. The minimum Gasteiger partial charge on any atom is -0.497 e. The SMILES string of the molecule is CCCCC(CN)NC(=O)CCC(=O)c1ccc(OC)cc1.Cl. The zero-order valence-corrected chi connectivity index (χ0v) is 14.7. The molecule has 1 unspecified atom stereocenters. The van der Waals surface area contributed by atoms with Crippen molar-refractivity contribution < 1.29 is 14.3 Å². The Balaban J connectivity index is 0.00000484. The van der Waals surface area contributed by atoms with E-state index in [0.29, 0.717) is 17.9 Å². The second-order valence-electron chi connectivity index (χ2n) is 5.29. The average molecular weight is 343 g/mol. The minimum absolute atomic E-state index is 0. The summed E-state index contributed by atoms with van der Waals surface area (Å²) in [6.07, 6.45) is 3.37. The van der Waals surface area contributed by atoms with Gasteiger partial charge in [0, 0.05) is 31.0 Å². The largest absolute Gasteiger partial charge is 0.497 e. The van der Waals surface area contributed by atoms with E-state index < -0.39 is 0 Å².